The van der Waals surface area contributed by atoms with Crippen LogP contribution >= 0.6 is 0 Å². The second-order valence-electron chi connectivity index (χ2n) is 21.5. The topological polar surface area (TPSA) is 234 Å². The van der Waals surface area contributed by atoms with Crippen LogP contribution in [0.4, 0.5) is 43.4 Å². The second kappa shape index (κ2) is 28.0. The Balaban J connectivity index is 0.000000154. The molecule has 0 radical (unpaired) electrons. The molecule has 0 aliphatic heterocycles. The number of hydrogen-bond acceptors (Lipinski definition) is 10. The molecule has 0 spiro atoms. The van der Waals surface area contributed by atoms with Crippen LogP contribution in [-0.4, -0.2) is 80.5 Å². The maximum absolute atomic E-state index is 13.6. The van der Waals surface area contributed by atoms with Gasteiger partial charge in [-0.25, -0.2) is 44.6 Å². The molecule has 25 heteroatoms. The summed E-state index contributed by atoms with van der Waals surface area (Å²) in [4.78, 5) is 23.1. The number of halogens is 6. The van der Waals surface area contributed by atoms with E-state index in [0.717, 1.165) is 97.7 Å². The van der Waals surface area contributed by atoms with Gasteiger partial charge < -0.3 is 19.7 Å². The van der Waals surface area contributed by atoms with Gasteiger partial charge in [0.2, 0.25) is 30.1 Å². The number of nitrogens with zero attached hydrogens (tertiary/aromatic N) is 3. The molecular formula is C69H57F6N9O7S3. The van der Waals surface area contributed by atoms with Crippen molar-refractivity contribution in [1.82, 2.24) is 29.9 Å². The van der Waals surface area contributed by atoms with E-state index in [-0.39, 0.29) is 11.3 Å². The number of sulfonamides is 3. The Hall–Kier alpha value is -10.8. The van der Waals surface area contributed by atoms with E-state index in [1.165, 1.54) is 29.8 Å². The summed E-state index contributed by atoms with van der Waals surface area (Å²) in [5.74, 6) is 0.856. The van der Waals surface area contributed by atoms with Crippen molar-refractivity contribution in [3.05, 3.63) is 245 Å². The van der Waals surface area contributed by atoms with Crippen LogP contribution in [0, 0.1) is 12.7 Å². The first-order valence-electron chi connectivity index (χ1n) is 28.4. The highest BCUT2D eigenvalue weighted by atomic mass is 32.2. The van der Waals surface area contributed by atoms with Crippen molar-refractivity contribution < 1.29 is 56.3 Å². The number of aromatic amines is 3. The molecule has 0 bridgehead atoms. The Kier molecular flexibility index (Phi) is 19.7. The first-order chi connectivity index (χ1) is 44.6. The fraction of sp³-hybridized carbons (Fsp3) is 0.0870. The number of benzene rings is 9. The van der Waals surface area contributed by atoms with Crippen LogP contribution in [0.15, 0.2) is 194 Å². The highest BCUT2D eigenvalue weighted by Crippen LogP contribution is 2.35. The molecule has 0 saturated heterocycles. The van der Waals surface area contributed by atoms with Crippen LogP contribution in [0.25, 0.3) is 103 Å². The number of rotatable bonds is 17. The number of nitrogens with one attached hydrogen (secondary N) is 6. The van der Waals surface area contributed by atoms with Crippen LogP contribution in [0.3, 0.4) is 0 Å². The van der Waals surface area contributed by atoms with Crippen LogP contribution in [0.5, 0.6) is 5.75 Å². The Morgan fingerprint density at radius 3 is 1.14 bits per heavy atom. The predicted molar refractivity (Wildman–Crippen MR) is 362 cm³/mol. The number of para-hydroxylation sites is 3. The number of imidazole rings is 3. The van der Waals surface area contributed by atoms with Gasteiger partial charge in [0.25, 0.3) is 0 Å². The van der Waals surface area contributed by atoms with Gasteiger partial charge in [0.1, 0.15) is 29.0 Å². The van der Waals surface area contributed by atoms with E-state index >= 15 is 0 Å². The molecule has 12 aromatic rings. The zero-order valence-corrected chi connectivity index (χ0v) is 52.7. The van der Waals surface area contributed by atoms with Gasteiger partial charge in [0.05, 0.1) is 74.5 Å². The number of H-pyrrole nitrogens is 3. The molecule has 12 rings (SSSR count). The normalized spacial score (nSPS) is 12.2. The molecule has 3 aromatic heterocycles. The van der Waals surface area contributed by atoms with Crippen molar-refractivity contribution in [2.45, 2.75) is 19.7 Å². The van der Waals surface area contributed by atoms with Gasteiger partial charge in [0.15, 0.2) is 0 Å². The number of fused-ring (bicyclic) bond motifs is 3. The Morgan fingerprint density at radius 1 is 0.436 bits per heavy atom. The van der Waals surface area contributed by atoms with E-state index in [1.807, 2.05) is 72.8 Å². The monoisotopic (exact) mass is 1330 g/mol. The third-order valence-corrected chi connectivity index (χ3v) is 15.6. The summed E-state index contributed by atoms with van der Waals surface area (Å²) in [6.07, 6.45) is 9.01. The van der Waals surface area contributed by atoms with Crippen LogP contribution in [-0.2, 0) is 36.2 Å². The van der Waals surface area contributed by atoms with E-state index in [4.69, 9.17) is 0 Å². The molecule has 0 unspecified atom stereocenters. The number of hydrogen-bond donors (Lipinski definition) is 6. The SMILES string of the molecule is CS(=O)(=O)Nc1ccccc1-c1ccc2nc(/C=C/c3cc(F)cc(C(F)(F)F)c3)[nH]c2c1.CS(=O)(=O)Nc1ccccc1-c1ccc2nc(/C=C/c3ccc(OC(F)F)cc3)[nH]c2c1.Cc1ccc(/C=C/c2nc3ccc(-c4ccccc4NS(C)(=O)=O)cc3[nH]2)cc1. The first-order valence-corrected chi connectivity index (χ1v) is 34.0. The van der Waals surface area contributed by atoms with Crippen LogP contribution in [0.2, 0.25) is 0 Å². The Bertz CT molecular complexity index is 5190. The minimum Gasteiger partial charge on any atom is -0.435 e. The zero-order chi connectivity index (χ0) is 67.0. The van der Waals surface area contributed by atoms with Crippen molar-refractivity contribution in [2.24, 2.45) is 0 Å². The molecule has 0 amide bonds. The minimum absolute atomic E-state index is 0.0456. The summed E-state index contributed by atoms with van der Waals surface area (Å²) in [6, 6.07) is 55.0. The highest BCUT2D eigenvalue weighted by Gasteiger charge is 2.31. The fourth-order valence-electron chi connectivity index (χ4n) is 9.73. The minimum atomic E-state index is -4.65. The summed E-state index contributed by atoms with van der Waals surface area (Å²) < 4.78 is 159. The molecule has 480 valence electrons. The van der Waals surface area contributed by atoms with E-state index in [1.54, 1.807) is 91.0 Å². The smallest absolute Gasteiger partial charge is 0.416 e. The number of ether oxygens (including phenoxy) is 1. The molecule has 0 saturated carbocycles. The van der Waals surface area contributed by atoms with Gasteiger partial charge in [-0.1, -0.05) is 133 Å². The molecule has 16 nitrogen and oxygen atoms in total. The van der Waals surface area contributed by atoms with Crippen LogP contribution < -0.4 is 18.9 Å². The van der Waals surface area contributed by atoms with Gasteiger partial charge in [-0.15, -0.1) is 0 Å². The van der Waals surface area contributed by atoms with E-state index in [9.17, 15) is 51.6 Å². The van der Waals surface area contributed by atoms with E-state index in [2.05, 4.69) is 80.0 Å². The van der Waals surface area contributed by atoms with Gasteiger partial charge >= 0.3 is 12.8 Å². The Morgan fingerprint density at radius 2 is 0.787 bits per heavy atom. The van der Waals surface area contributed by atoms with Crippen molar-refractivity contribution in [3.8, 4) is 39.1 Å². The average molecular weight is 1330 g/mol. The average Bonchev–Trinajstić information content (AvgIpc) is 1.58. The lowest BCUT2D eigenvalue weighted by molar-refractivity contribution is -0.137. The molecule has 0 fully saturated rings. The molecule has 94 heavy (non-hydrogen) atoms. The summed E-state index contributed by atoms with van der Waals surface area (Å²) in [6.45, 7) is -0.792. The fourth-order valence-corrected chi connectivity index (χ4v) is 11.5. The second-order valence-corrected chi connectivity index (χ2v) is 26.7. The van der Waals surface area contributed by atoms with Gasteiger partial charge in [-0.05, 0) is 143 Å². The largest absolute Gasteiger partial charge is 0.435 e. The lowest BCUT2D eigenvalue weighted by Crippen LogP contribution is -2.10. The number of anilines is 3. The number of aryl methyl sites for hydroxylation is 1. The summed E-state index contributed by atoms with van der Waals surface area (Å²) in [7, 11) is -10.2. The molecule has 9 aromatic carbocycles. The summed E-state index contributed by atoms with van der Waals surface area (Å²) in [5.41, 5.74) is 12.8. The van der Waals surface area contributed by atoms with E-state index in [0.29, 0.717) is 51.4 Å². The quantitative estimate of drug-likeness (QED) is 0.0472. The molecule has 0 aliphatic rings. The first kappa shape index (κ1) is 66.2. The highest BCUT2D eigenvalue weighted by molar-refractivity contribution is 7.92. The molecule has 3 heterocycles. The van der Waals surface area contributed by atoms with Crippen molar-refractivity contribution in [2.75, 3.05) is 32.9 Å². The van der Waals surface area contributed by atoms with Gasteiger partial charge in [-0.3, -0.25) is 14.2 Å². The third kappa shape index (κ3) is 18.3. The van der Waals surface area contributed by atoms with Crippen molar-refractivity contribution >= 4 is 117 Å². The lowest BCUT2D eigenvalue weighted by atomic mass is 10.0. The van der Waals surface area contributed by atoms with Crippen molar-refractivity contribution in [3.63, 3.8) is 0 Å². The molecule has 6 N–H and O–H groups in total. The molecular weight excluding hydrogens is 1280 g/mol. The van der Waals surface area contributed by atoms with E-state index < -0.39 is 54.2 Å². The number of aromatic nitrogens is 6. The maximum atomic E-state index is 13.6. The van der Waals surface area contributed by atoms with Gasteiger partial charge in [-0.2, -0.15) is 22.0 Å². The lowest BCUT2D eigenvalue weighted by Gasteiger charge is -2.10. The Labute approximate surface area is 537 Å². The zero-order valence-electron chi connectivity index (χ0n) is 50.2. The molecule has 0 atom stereocenters. The van der Waals surface area contributed by atoms with Gasteiger partial charge in [0, 0.05) is 16.7 Å². The third-order valence-electron chi connectivity index (χ3n) is 13.8. The van der Waals surface area contributed by atoms with Crippen LogP contribution in [0.1, 0.15) is 45.3 Å². The van der Waals surface area contributed by atoms with Crippen molar-refractivity contribution in [1.29, 1.82) is 0 Å². The summed E-state index contributed by atoms with van der Waals surface area (Å²) >= 11 is 0. The predicted octanol–water partition coefficient (Wildman–Crippen LogP) is 16.4. The maximum Gasteiger partial charge on any atom is 0.416 e. The standard InChI is InChI=1S/C23H17F4N3O2S.C23H19F2N3O3S.C23H21N3O2S/c1-33(31,32)30-19-5-3-2-4-18(19)15-7-8-20-21(12-15)29-22(28-20)9-6-14-10-16(23(25,26)27)13-17(24)11-14;1-32(29,30)28-19-5-3-2-4-18(19)16-9-12-20-21(14-16)27-22(26-20)13-8-15-6-10-17(11-7-15)31-23(24)25;1-16-7-9-17(10-8-16)11-14-23-24-21-13-12-18(15-22(21)25-23)19-5-3-4-6-20(19)26-29(2,27)28/h2-13,30H,1H3,(H,28,29);2-14,23,28H,1H3,(H,26,27);3-15,26H,1-2H3,(H,24,25)/b9-6+;13-8+;14-11+. The summed E-state index contributed by atoms with van der Waals surface area (Å²) in [5, 5.41) is 0. The number of alkyl halides is 5. The molecule has 0 aliphatic carbocycles.